The molecule has 2 aromatic rings. The van der Waals surface area contributed by atoms with Crippen LogP contribution in [0.15, 0.2) is 47.1 Å². The van der Waals surface area contributed by atoms with Crippen molar-refractivity contribution in [1.29, 1.82) is 0 Å². The third kappa shape index (κ3) is 3.39. The average Bonchev–Trinajstić information content (AvgIpc) is 3.21. The van der Waals surface area contributed by atoms with E-state index in [4.69, 9.17) is 4.42 Å². The van der Waals surface area contributed by atoms with Crippen molar-refractivity contribution >= 4 is 5.91 Å². The summed E-state index contributed by atoms with van der Waals surface area (Å²) in [5.74, 6) is 0.894. The average molecular weight is 298 g/mol. The molecule has 1 saturated heterocycles. The van der Waals surface area contributed by atoms with Crippen molar-refractivity contribution in [3.63, 3.8) is 0 Å². The number of rotatable bonds is 5. The number of furan rings is 1. The van der Waals surface area contributed by atoms with Gasteiger partial charge in [0.2, 0.25) is 0 Å². The van der Waals surface area contributed by atoms with Crippen LogP contribution in [0.25, 0.3) is 0 Å². The molecule has 1 aliphatic heterocycles. The second-order valence-corrected chi connectivity index (χ2v) is 5.85. The third-order valence-electron chi connectivity index (χ3n) is 4.19. The van der Waals surface area contributed by atoms with Gasteiger partial charge in [-0.2, -0.15) is 0 Å². The molecule has 1 atom stereocenters. The molecule has 0 saturated carbocycles. The molecular formula is C18H22N2O2. The molecule has 1 amide bonds. The van der Waals surface area contributed by atoms with Gasteiger partial charge in [0, 0.05) is 12.1 Å². The smallest absolute Gasteiger partial charge is 0.251 e. The maximum atomic E-state index is 12.3. The Bertz CT molecular complexity index is 616. The Balaban J connectivity index is 1.67. The summed E-state index contributed by atoms with van der Waals surface area (Å²) in [6.07, 6.45) is 4.12. The summed E-state index contributed by atoms with van der Waals surface area (Å²) in [6, 6.07) is 11.7. The first-order chi connectivity index (χ1) is 10.7. The first-order valence-electron chi connectivity index (χ1n) is 7.86. The Morgan fingerprint density at radius 3 is 2.77 bits per heavy atom. The molecule has 2 heterocycles. The summed E-state index contributed by atoms with van der Waals surface area (Å²) in [7, 11) is 0. The molecule has 4 heteroatoms. The summed E-state index contributed by atoms with van der Waals surface area (Å²) in [4.78, 5) is 14.7. The zero-order valence-electron chi connectivity index (χ0n) is 12.9. The van der Waals surface area contributed by atoms with Crippen molar-refractivity contribution in [3.05, 3.63) is 59.5 Å². The van der Waals surface area contributed by atoms with Gasteiger partial charge < -0.3 is 9.73 Å². The highest BCUT2D eigenvalue weighted by atomic mass is 16.3. The summed E-state index contributed by atoms with van der Waals surface area (Å²) in [5.41, 5.74) is 1.80. The van der Waals surface area contributed by atoms with Crippen LogP contribution in [-0.4, -0.2) is 30.4 Å². The number of carbonyl (C=O) groups excluding carboxylic acids is 1. The molecule has 0 radical (unpaired) electrons. The van der Waals surface area contributed by atoms with Gasteiger partial charge in [-0.25, -0.2) is 0 Å². The Morgan fingerprint density at radius 1 is 1.27 bits per heavy atom. The van der Waals surface area contributed by atoms with E-state index in [0.29, 0.717) is 12.1 Å². The molecule has 1 aromatic heterocycles. The molecule has 4 nitrogen and oxygen atoms in total. The normalized spacial score (nSPS) is 16.6. The van der Waals surface area contributed by atoms with Crippen LogP contribution in [0, 0.1) is 6.92 Å². The van der Waals surface area contributed by atoms with Crippen molar-refractivity contribution in [2.24, 2.45) is 0 Å². The van der Waals surface area contributed by atoms with Crippen molar-refractivity contribution in [2.75, 3.05) is 19.6 Å². The van der Waals surface area contributed by atoms with E-state index in [2.05, 4.69) is 10.2 Å². The fourth-order valence-corrected chi connectivity index (χ4v) is 3.02. The lowest BCUT2D eigenvalue weighted by Gasteiger charge is -2.26. The Kier molecular flexibility index (Phi) is 4.59. The predicted molar refractivity (Wildman–Crippen MR) is 85.8 cm³/mol. The van der Waals surface area contributed by atoms with E-state index < -0.39 is 0 Å². The van der Waals surface area contributed by atoms with Gasteiger partial charge in [-0.1, -0.05) is 17.7 Å². The standard InChI is InChI=1S/C18H22N2O2/c1-14-6-4-7-15(12-14)18(21)19-13-16(17-8-5-11-22-17)20-9-2-3-10-20/h4-8,11-12,16H,2-3,9-10,13H2,1H3,(H,19,21)/t16-/m1/s1. The van der Waals surface area contributed by atoms with Gasteiger partial charge in [-0.05, 0) is 57.1 Å². The summed E-state index contributed by atoms with van der Waals surface area (Å²) in [5, 5.41) is 3.05. The number of nitrogens with one attached hydrogen (secondary N) is 1. The molecule has 1 N–H and O–H groups in total. The number of hydrogen-bond donors (Lipinski definition) is 1. The lowest BCUT2D eigenvalue weighted by molar-refractivity contribution is 0.0933. The van der Waals surface area contributed by atoms with Gasteiger partial charge in [0.1, 0.15) is 5.76 Å². The Hall–Kier alpha value is -2.07. The van der Waals surface area contributed by atoms with Crippen LogP contribution in [-0.2, 0) is 0 Å². The van der Waals surface area contributed by atoms with E-state index in [1.807, 2.05) is 43.3 Å². The topological polar surface area (TPSA) is 45.5 Å². The van der Waals surface area contributed by atoms with Crippen LogP contribution in [0.1, 0.15) is 40.6 Å². The van der Waals surface area contributed by atoms with Gasteiger partial charge in [-0.3, -0.25) is 9.69 Å². The van der Waals surface area contributed by atoms with Crippen molar-refractivity contribution in [2.45, 2.75) is 25.8 Å². The molecule has 0 bridgehead atoms. The van der Waals surface area contributed by atoms with Crippen LogP contribution < -0.4 is 5.32 Å². The number of amides is 1. The number of aryl methyl sites for hydroxylation is 1. The lowest BCUT2D eigenvalue weighted by atomic mass is 10.1. The van der Waals surface area contributed by atoms with Crippen LogP contribution in [0.3, 0.4) is 0 Å². The zero-order valence-corrected chi connectivity index (χ0v) is 12.9. The number of benzene rings is 1. The highest BCUT2D eigenvalue weighted by Gasteiger charge is 2.26. The fourth-order valence-electron chi connectivity index (χ4n) is 3.02. The second-order valence-electron chi connectivity index (χ2n) is 5.85. The van der Waals surface area contributed by atoms with E-state index in [0.717, 1.165) is 24.4 Å². The number of nitrogens with zero attached hydrogens (tertiary/aromatic N) is 1. The summed E-state index contributed by atoms with van der Waals surface area (Å²) in [6.45, 7) is 4.68. The fraction of sp³-hybridized carbons (Fsp3) is 0.389. The molecule has 22 heavy (non-hydrogen) atoms. The minimum atomic E-state index is -0.0283. The number of hydrogen-bond acceptors (Lipinski definition) is 3. The first kappa shape index (κ1) is 14.9. The van der Waals surface area contributed by atoms with Crippen molar-refractivity contribution in [3.8, 4) is 0 Å². The zero-order chi connectivity index (χ0) is 15.4. The molecule has 1 aromatic carbocycles. The van der Waals surface area contributed by atoms with Gasteiger partial charge in [0.05, 0.1) is 12.3 Å². The summed E-state index contributed by atoms with van der Waals surface area (Å²) >= 11 is 0. The van der Waals surface area contributed by atoms with Crippen LogP contribution in [0.2, 0.25) is 0 Å². The number of likely N-dealkylation sites (tertiary alicyclic amines) is 1. The van der Waals surface area contributed by atoms with Gasteiger partial charge >= 0.3 is 0 Å². The molecule has 0 spiro atoms. The van der Waals surface area contributed by atoms with E-state index in [1.54, 1.807) is 6.26 Å². The molecule has 3 rings (SSSR count). The van der Waals surface area contributed by atoms with Gasteiger partial charge in [0.25, 0.3) is 5.91 Å². The van der Waals surface area contributed by atoms with E-state index in [9.17, 15) is 4.79 Å². The molecule has 1 fully saturated rings. The van der Waals surface area contributed by atoms with Crippen molar-refractivity contribution < 1.29 is 9.21 Å². The minimum absolute atomic E-state index is 0.0283. The molecule has 116 valence electrons. The molecule has 0 aliphatic carbocycles. The van der Waals surface area contributed by atoms with E-state index in [1.165, 1.54) is 12.8 Å². The Labute approximate surface area is 131 Å². The highest BCUT2D eigenvalue weighted by molar-refractivity contribution is 5.94. The van der Waals surface area contributed by atoms with Crippen LogP contribution in [0.4, 0.5) is 0 Å². The van der Waals surface area contributed by atoms with Crippen LogP contribution >= 0.6 is 0 Å². The predicted octanol–water partition coefficient (Wildman–Crippen LogP) is 3.15. The highest BCUT2D eigenvalue weighted by Crippen LogP contribution is 2.24. The molecule has 1 aliphatic rings. The maximum absolute atomic E-state index is 12.3. The second kappa shape index (κ2) is 6.79. The number of carbonyl (C=O) groups is 1. The molecule has 0 unspecified atom stereocenters. The largest absolute Gasteiger partial charge is 0.468 e. The Morgan fingerprint density at radius 2 is 2.09 bits per heavy atom. The van der Waals surface area contributed by atoms with E-state index in [-0.39, 0.29) is 11.9 Å². The quantitative estimate of drug-likeness (QED) is 0.922. The summed E-state index contributed by atoms with van der Waals surface area (Å²) < 4.78 is 5.57. The third-order valence-corrected chi connectivity index (χ3v) is 4.19. The van der Waals surface area contributed by atoms with Gasteiger partial charge in [0.15, 0.2) is 0 Å². The SMILES string of the molecule is Cc1cccc(C(=O)NC[C@H](c2ccco2)N2CCCC2)c1. The van der Waals surface area contributed by atoms with Gasteiger partial charge in [-0.15, -0.1) is 0 Å². The maximum Gasteiger partial charge on any atom is 0.251 e. The van der Waals surface area contributed by atoms with Crippen molar-refractivity contribution in [1.82, 2.24) is 10.2 Å². The van der Waals surface area contributed by atoms with Crippen LogP contribution in [0.5, 0.6) is 0 Å². The monoisotopic (exact) mass is 298 g/mol. The first-order valence-corrected chi connectivity index (χ1v) is 7.86. The lowest BCUT2D eigenvalue weighted by Crippen LogP contribution is -2.36. The molecular weight excluding hydrogens is 276 g/mol. The van der Waals surface area contributed by atoms with E-state index >= 15 is 0 Å². The minimum Gasteiger partial charge on any atom is -0.468 e.